The summed E-state index contributed by atoms with van der Waals surface area (Å²) >= 11 is 0. The van der Waals surface area contributed by atoms with Crippen LogP contribution in [0.15, 0.2) is 30.3 Å². The van der Waals surface area contributed by atoms with E-state index in [9.17, 15) is 4.79 Å². The van der Waals surface area contributed by atoms with Crippen molar-refractivity contribution in [3.8, 4) is 0 Å². The molecule has 0 aromatic heterocycles. The van der Waals surface area contributed by atoms with Gasteiger partial charge in [-0.15, -0.1) is 0 Å². The fraction of sp³-hybridized carbons (Fsp3) is 0.500. The molecule has 2 nitrogen and oxygen atoms in total. The topological polar surface area (TPSA) is 43.1 Å². The van der Waals surface area contributed by atoms with Gasteiger partial charge in [0.05, 0.1) is 0 Å². The average Bonchev–Trinajstić information content (AvgIpc) is 2.66. The van der Waals surface area contributed by atoms with Crippen LogP contribution in [0, 0.1) is 5.41 Å². The molecule has 0 unspecified atom stereocenters. The first-order valence-corrected chi connectivity index (χ1v) is 6.02. The largest absolute Gasteiger partial charge is 0.370 e. The minimum atomic E-state index is -0.155. The molecule has 0 radical (unpaired) electrons. The van der Waals surface area contributed by atoms with Crippen molar-refractivity contribution in [3.63, 3.8) is 0 Å². The number of hydrogen-bond donors (Lipinski definition) is 1. The third-order valence-corrected chi connectivity index (χ3v) is 3.64. The maximum Gasteiger partial charge on any atom is 0.217 e. The lowest BCUT2D eigenvalue weighted by atomic mass is 9.77. The number of carbonyl (C=O) groups is 1. The first-order chi connectivity index (χ1) is 7.70. The Morgan fingerprint density at radius 2 is 1.81 bits per heavy atom. The molecule has 0 heterocycles. The fourth-order valence-corrected chi connectivity index (χ4v) is 2.94. The van der Waals surface area contributed by atoms with Crippen molar-refractivity contribution in [1.29, 1.82) is 0 Å². The molecule has 2 N–H and O–H groups in total. The van der Waals surface area contributed by atoms with Gasteiger partial charge in [0.2, 0.25) is 5.91 Å². The number of benzene rings is 1. The molecule has 0 saturated heterocycles. The van der Waals surface area contributed by atoms with E-state index in [1.54, 1.807) is 0 Å². The van der Waals surface area contributed by atoms with Crippen molar-refractivity contribution >= 4 is 5.91 Å². The van der Waals surface area contributed by atoms with Gasteiger partial charge in [-0.1, -0.05) is 43.2 Å². The molecule has 1 aromatic rings. The number of amides is 1. The lowest BCUT2D eigenvalue weighted by molar-refractivity contribution is -0.120. The van der Waals surface area contributed by atoms with Gasteiger partial charge in [0.1, 0.15) is 0 Å². The van der Waals surface area contributed by atoms with E-state index in [1.165, 1.54) is 18.4 Å². The van der Waals surface area contributed by atoms with Gasteiger partial charge in [0.15, 0.2) is 0 Å². The van der Waals surface area contributed by atoms with Crippen molar-refractivity contribution in [2.75, 3.05) is 0 Å². The summed E-state index contributed by atoms with van der Waals surface area (Å²) in [7, 11) is 0. The molecule has 1 saturated carbocycles. The van der Waals surface area contributed by atoms with Gasteiger partial charge >= 0.3 is 0 Å². The molecular weight excluding hydrogens is 198 g/mol. The lowest BCUT2D eigenvalue weighted by Gasteiger charge is -2.27. The molecule has 1 amide bonds. The second kappa shape index (κ2) is 4.69. The van der Waals surface area contributed by atoms with Crippen LogP contribution in [0.3, 0.4) is 0 Å². The van der Waals surface area contributed by atoms with E-state index in [-0.39, 0.29) is 11.3 Å². The highest BCUT2D eigenvalue weighted by Gasteiger charge is 2.35. The Morgan fingerprint density at radius 1 is 1.19 bits per heavy atom. The van der Waals surface area contributed by atoms with Crippen molar-refractivity contribution < 1.29 is 4.79 Å². The molecular formula is C14H19NO. The van der Waals surface area contributed by atoms with Crippen molar-refractivity contribution in [1.82, 2.24) is 0 Å². The summed E-state index contributed by atoms with van der Waals surface area (Å²) in [5.41, 5.74) is 6.84. The summed E-state index contributed by atoms with van der Waals surface area (Å²) in [6.07, 6.45) is 6.30. The number of carbonyl (C=O) groups excluding carboxylic acids is 1. The Bertz CT molecular complexity index is 352. The standard InChI is InChI=1S/C14H19NO/c15-13(16)11-14(8-4-5-9-14)10-12-6-2-1-3-7-12/h1-3,6-7H,4-5,8-11H2,(H2,15,16). The average molecular weight is 217 g/mol. The Kier molecular flexibility index (Phi) is 3.28. The predicted molar refractivity (Wildman–Crippen MR) is 64.9 cm³/mol. The van der Waals surface area contributed by atoms with E-state index in [0.29, 0.717) is 6.42 Å². The van der Waals surface area contributed by atoms with Crippen molar-refractivity contribution in [3.05, 3.63) is 35.9 Å². The molecule has 1 aliphatic rings. The number of primary amides is 1. The van der Waals surface area contributed by atoms with Gasteiger partial charge in [-0.3, -0.25) is 4.79 Å². The molecule has 1 aliphatic carbocycles. The van der Waals surface area contributed by atoms with E-state index in [1.807, 2.05) is 6.07 Å². The number of nitrogens with two attached hydrogens (primary N) is 1. The molecule has 1 aromatic carbocycles. The highest BCUT2D eigenvalue weighted by atomic mass is 16.1. The van der Waals surface area contributed by atoms with Gasteiger partial charge in [0, 0.05) is 6.42 Å². The maximum atomic E-state index is 11.2. The summed E-state index contributed by atoms with van der Waals surface area (Å²) in [4.78, 5) is 11.2. The van der Waals surface area contributed by atoms with Crippen LogP contribution in [0.5, 0.6) is 0 Å². The molecule has 0 atom stereocenters. The number of rotatable bonds is 4. The lowest BCUT2D eigenvalue weighted by Crippen LogP contribution is -2.27. The normalized spacial score (nSPS) is 18.5. The van der Waals surface area contributed by atoms with E-state index >= 15 is 0 Å². The molecule has 0 bridgehead atoms. The van der Waals surface area contributed by atoms with E-state index in [4.69, 9.17) is 5.73 Å². The zero-order valence-corrected chi connectivity index (χ0v) is 9.61. The van der Waals surface area contributed by atoms with Crippen LogP contribution >= 0.6 is 0 Å². The van der Waals surface area contributed by atoms with Crippen LogP contribution in [0.25, 0.3) is 0 Å². The second-order valence-electron chi connectivity index (χ2n) is 5.01. The Labute approximate surface area is 96.8 Å². The summed E-state index contributed by atoms with van der Waals surface area (Å²) in [5, 5.41) is 0. The Balaban J connectivity index is 2.11. The maximum absolute atomic E-state index is 11.2. The van der Waals surface area contributed by atoms with Crippen LogP contribution < -0.4 is 5.73 Å². The quantitative estimate of drug-likeness (QED) is 0.827. The van der Waals surface area contributed by atoms with E-state index in [2.05, 4.69) is 24.3 Å². The van der Waals surface area contributed by atoms with Crippen LogP contribution in [0.2, 0.25) is 0 Å². The van der Waals surface area contributed by atoms with Gasteiger partial charge in [0.25, 0.3) is 0 Å². The summed E-state index contributed by atoms with van der Waals surface area (Å²) in [5.74, 6) is -0.155. The smallest absolute Gasteiger partial charge is 0.217 e. The van der Waals surface area contributed by atoms with Crippen LogP contribution in [0.4, 0.5) is 0 Å². The Morgan fingerprint density at radius 3 is 2.38 bits per heavy atom. The van der Waals surface area contributed by atoms with Gasteiger partial charge in [-0.05, 0) is 30.2 Å². The molecule has 16 heavy (non-hydrogen) atoms. The van der Waals surface area contributed by atoms with Gasteiger partial charge in [-0.25, -0.2) is 0 Å². The van der Waals surface area contributed by atoms with Crippen molar-refractivity contribution in [2.45, 2.75) is 38.5 Å². The van der Waals surface area contributed by atoms with Gasteiger partial charge in [-0.2, -0.15) is 0 Å². The summed E-state index contributed by atoms with van der Waals surface area (Å²) in [6, 6.07) is 10.4. The first-order valence-electron chi connectivity index (χ1n) is 6.02. The summed E-state index contributed by atoms with van der Waals surface area (Å²) in [6.45, 7) is 0. The fourth-order valence-electron chi connectivity index (χ4n) is 2.94. The first kappa shape index (κ1) is 11.2. The highest BCUT2D eigenvalue weighted by molar-refractivity contribution is 5.74. The predicted octanol–water partition coefficient (Wildman–Crippen LogP) is 2.66. The molecule has 86 valence electrons. The van der Waals surface area contributed by atoms with Crippen LogP contribution in [-0.4, -0.2) is 5.91 Å². The van der Waals surface area contributed by atoms with Gasteiger partial charge < -0.3 is 5.73 Å². The van der Waals surface area contributed by atoms with Crippen molar-refractivity contribution in [2.24, 2.45) is 11.1 Å². The minimum absolute atomic E-state index is 0.146. The number of hydrogen-bond acceptors (Lipinski definition) is 1. The zero-order chi connectivity index (χ0) is 11.4. The van der Waals surface area contributed by atoms with E-state index in [0.717, 1.165) is 19.3 Å². The molecule has 0 spiro atoms. The molecule has 1 fully saturated rings. The second-order valence-corrected chi connectivity index (χ2v) is 5.01. The SMILES string of the molecule is NC(=O)CC1(Cc2ccccc2)CCCC1. The highest BCUT2D eigenvalue weighted by Crippen LogP contribution is 2.43. The zero-order valence-electron chi connectivity index (χ0n) is 9.61. The van der Waals surface area contributed by atoms with Crippen LogP contribution in [-0.2, 0) is 11.2 Å². The minimum Gasteiger partial charge on any atom is -0.370 e. The third kappa shape index (κ3) is 2.63. The van der Waals surface area contributed by atoms with Crippen LogP contribution in [0.1, 0.15) is 37.7 Å². The van der Waals surface area contributed by atoms with E-state index < -0.39 is 0 Å². The third-order valence-electron chi connectivity index (χ3n) is 3.64. The molecule has 0 aliphatic heterocycles. The monoisotopic (exact) mass is 217 g/mol. The summed E-state index contributed by atoms with van der Waals surface area (Å²) < 4.78 is 0. The Hall–Kier alpha value is -1.31. The molecule has 2 heteroatoms. The molecule has 2 rings (SSSR count).